The predicted octanol–water partition coefficient (Wildman–Crippen LogP) is 5.25. The van der Waals surface area contributed by atoms with Crippen molar-refractivity contribution in [3.63, 3.8) is 0 Å². The van der Waals surface area contributed by atoms with Crippen LogP contribution in [0.5, 0.6) is 0 Å². The summed E-state index contributed by atoms with van der Waals surface area (Å²) in [7, 11) is 0. The first-order valence-electron chi connectivity index (χ1n) is 10.7. The third-order valence-electron chi connectivity index (χ3n) is 5.85. The molecule has 0 saturated carbocycles. The SMILES string of the molecule is CCN(C1=C(c2ccc(C)c(C)c2)C(=O)N(Cc2ccc(F)cc2)C1=O)c1ccccc1. The maximum atomic E-state index is 13.6. The van der Waals surface area contributed by atoms with E-state index in [9.17, 15) is 14.0 Å². The number of carbonyl (C=O) groups is 2. The molecule has 0 atom stereocenters. The molecular formula is C27H25FN2O2. The van der Waals surface area contributed by atoms with Gasteiger partial charge in [0, 0.05) is 12.2 Å². The number of para-hydroxylation sites is 1. The minimum absolute atomic E-state index is 0.0855. The van der Waals surface area contributed by atoms with Gasteiger partial charge in [-0.1, -0.05) is 48.5 Å². The van der Waals surface area contributed by atoms with Crippen molar-refractivity contribution in [2.45, 2.75) is 27.3 Å². The number of hydrogen-bond donors (Lipinski definition) is 0. The standard InChI is InChI=1S/C27H25FN2O2/c1-4-29(23-8-6-5-7-9-23)25-24(21-13-10-18(2)19(3)16-21)26(31)30(27(25)32)17-20-11-14-22(28)15-12-20/h5-16H,4,17H2,1-3H3. The highest BCUT2D eigenvalue weighted by atomic mass is 19.1. The van der Waals surface area contributed by atoms with Crippen molar-refractivity contribution >= 4 is 23.1 Å². The van der Waals surface area contributed by atoms with E-state index >= 15 is 0 Å². The summed E-state index contributed by atoms with van der Waals surface area (Å²) >= 11 is 0. The first-order chi connectivity index (χ1) is 15.4. The molecule has 1 aliphatic heterocycles. The number of nitrogens with zero attached hydrogens (tertiary/aromatic N) is 2. The molecule has 0 saturated heterocycles. The summed E-state index contributed by atoms with van der Waals surface area (Å²) in [4.78, 5) is 30.4. The van der Waals surface area contributed by atoms with Crippen LogP contribution in [0.2, 0.25) is 0 Å². The number of benzene rings is 3. The van der Waals surface area contributed by atoms with Crippen molar-refractivity contribution < 1.29 is 14.0 Å². The van der Waals surface area contributed by atoms with Gasteiger partial charge in [0.1, 0.15) is 11.5 Å². The zero-order valence-corrected chi connectivity index (χ0v) is 18.4. The van der Waals surface area contributed by atoms with Crippen LogP contribution < -0.4 is 4.90 Å². The molecule has 2 amide bonds. The van der Waals surface area contributed by atoms with E-state index in [1.165, 1.54) is 17.0 Å². The highest BCUT2D eigenvalue weighted by Gasteiger charge is 2.41. The van der Waals surface area contributed by atoms with Gasteiger partial charge in [0.25, 0.3) is 11.8 Å². The Balaban J connectivity index is 1.83. The molecule has 4 nitrogen and oxygen atoms in total. The summed E-state index contributed by atoms with van der Waals surface area (Å²) in [6.45, 7) is 6.57. The molecule has 0 aliphatic carbocycles. The first kappa shape index (κ1) is 21.5. The van der Waals surface area contributed by atoms with Gasteiger partial charge in [0.2, 0.25) is 0 Å². The smallest absolute Gasteiger partial charge is 0.278 e. The van der Waals surface area contributed by atoms with Crippen LogP contribution in [-0.2, 0) is 16.1 Å². The number of rotatable bonds is 6. The average Bonchev–Trinajstić information content (AvgIpc) is 3.03. The van der Waals surface area contributed by atoms with Crippen LogP contribution in [0.1, 0.15) is 29.2 Å². The van der Waals surface area contributed by atoms with Crippen molar-refractivity contribution in [2.75, 3.05) is 11.4 Å². The molecule has 32 heavy (non-hydrogen) atoms. The summed E-state index contributed by atoms with van der Waals surface area (Å²) in [5.74, 6) is -1.05. The number of carbonyl (C=O) groups excluding carboxylic acids is 2. The lowest BCUT2D eigenvalue weighted by Gasteiger charge is -2.25. The Morgan fingerprint density at radius 1 is 0.844 bits per heavy atom. The van der Waals surface area contributed by atoms with Crippen LogP contribution in [0.4, 0.5) is 10.1 Å². The molecule has 0 spiro atoms. The van der Waals surface area contributed by atoms with Gasteiger partial charge in [-0.25, -0.2) is 4.39 Å². The van der Waals surface area contributed by atoms with Crippen LogP contribution >= 0.6 is 0 Å². The molecule has 0 bridgehead atoms. The fourth-order valence-corrected chi connectivity index (χ4v) is 3.96. The van der Waals surface area contributed by atoms with Gasteiger partial charge in [-0.2, -0.15) is 0 Å². The number of aryl methyl sites for hydroxylation is 2. The second-order valence-electron chi connectivity index (χ2n) is 7.93. The third-order valence-corrected chi connectivity index (χ3v) is 5.85. The van der Waals surface area contributed by atoms with E-state index in [1.807, 2.05) is 74.2 Å². The second-order valence-corrected chi connectivity index (χ2v) is 7.93. The van der Waals surface area contributed by atoms with Crippen LogP contribution in [0.25, 0.3) is 5.57 Å². The Hall–Kier alpha value is -3.73. The minimum atomic E-state index is -0.358. The number of likely N-dealkylation sites (N-methyl/N-ethyl adjacent to an activating group) is 1. The Morgan fingerprint density at radius 3 is 2.16 bits per heavy atom. The molecule has 0 aromatic heterocycles. The number of amides is 2. The average molecular weight is 429 g/mol. The molecule has 0 N–H and O–H groups in total. The van der Waals surface area contributed by atoms with Crippen molar-refractivity contribution in [2.24, 2.45) is 0 Å². The molecule has 1 aliphatic rings. The highest BCUT2D eigenvalue weighted by Crippen LogP contribution is 2.35. The van der Waals surface area contributed by atoms with Gasteiger partial charge in [-0.15, -0.1) is 0 Å². The van der Waals surface area contributed by atoms with Crippen molar-refractivity contribution in [3.8, 4) is 0 Å². The monoisotopic (exact) mass is 428 g/mol. The fraction of sp³-hybridized carbons (Fsp3) is 0.185. The zero-order valence-electron chi connectivity index (χ0n) is 18.4. The maximum absolute atomic E-state index is 13.6. The third kappa shape index (κ3) is 3.94. The molecule has 0 radical (unpaired) electrons. The van der Waals surface area contributed by atoms with Crippen LogP contribution in [-0.4, -0.2) is 23.3 Å². The Labute approximate surface area is 187 Å². The van der Waals surface area contributed by atoms with Crippen molar-refractivity contribution in [1.29, 1.82) is 0 Å². The molecule has 0 fully saturated rings. The molecule has 3 aromatic carbocycles. The first-order valence-corrected chi connectivity index (χ1v) is 10.7. The summed E-state index contributed by atoms with van der Waals surface area (Å²) in [6, 6.07) is 21.3. The minimum Gasteiger partial charge on any atom is -0.337 e. The summed E-state index contributed by atoms with van der Waals surface area (Å²) < 4.78 is 13.3. The molecule has 4 rings (SSSR count). The van der Waals surface area contributed by atoms with Crippen LogP contribution in [0, 0.1) is 19.7 Å². The summed E-state index contributed by atoms with van der Waals surface area (Å²) in [6.07, 6.45) is 0. The van der Waals surface area contributed by atoms with Gasteiger partial charge >= 0.3 is 0 Å². The van der Waals surface area contributed by atoms with E-state index in [0.29, 0.717) is 23.4 Å². The Bertz CT molecular complexity index is 1200. The van der Waals surface area contributed by atoms with E-state index in [-0.39, 0.29) is 24.2 Å². The number of halogens is 1. The van der Waals surface area contributed by atoms with E-state index in [0.717, 1.165) is 22.4 Å². The summed E-state index contributed by atoms with van der Waals surface area (Å²) in [5.41, 5.74) is 5.19. The van der Waals surface area contributed by atoms with E-state index in [1.54, 1.807) is 12.1 Å². The van der Waals surface area contributed by atoms with E-state index in [2.05, 4.69) is 0 Å². The van der Waals surface area contributed by atoms with Crippen LogP contribution in [0.15, 0.2) is 78.5 Å². The number of hydrogen-bond acceptors (Lipinski definition) is 3. The van der Waals surface area contributed by atoms with Gasteiger partial charge in [0.05, 0.1) is 12.1 Å². The molecule has 3 aromatic rings. The molecule has 162 valence electrons. The fourth-order valence-electron chi connectivity index (χ4n) is 3.96. The summed E-state index contributed by atoms with van der Waals surface area (Å²) in [5, 5.41) is 0. The number of imide groups is 1. The lowest BCUT2D eigenvalue weighted by atomic mass is 9.99. The van der Waals surface area contributed by atoms with E-state index in [4.69, 9.17) is 0 Å². The zero-order chi connectivity index (χ0) is 22.8. The van der Waals surface area contributed by atoms with Crippen molar-refractivity contribution in [3.05, 3.63) is 107 Å². The lowest BCUT2D eigenvalue weighted by Crippen LogP contribution is -2.34. The van der Waals surface area contributed by atoms with Crippen LogP contribution in [0.3, 0.4) is 0 Å². The van der Waals surface area contributed by atoms with Gasteiger partial charge in [0.15, 0.2) is 0 Å². The largest absolute Gasteiger partial charge is 0.337 e. The molecule has 5 heteroatoms. The predicted molar refractivity (Wildman–Crippen MR) is 124 cm³/mol. The normalized spacial score (nSPS) is 13.8. The lowest BCUT2D eigenvalue weighted by molar-refractivity contribution is -0.137. The topological polar surface area (TPSA) is 40.6 Å². The molecular weight excluding hydrogens is 403 g/mol. The second kappa shape index (κ2) is 8.79. The Morgan fingerprint density at radius 2 is 1.53 bits per heavy atom. The maximum Gasteiger partial charge on any atom is 0.278 e. The van der Waals surface area contributed by atoms with E-state index < -0.39 is 0 Å². The van der Waals surface area contributed by atoms with Gasteiger partial charge in [-0.05, 0) is 67.3 Å². The van der Waals surface area contributed by atoms with Gasteiger partial charge < -0.3 is 4.90 Å². The van der Waals surface area contributed by atoms with Gasteiger partial charge in [-0.3, -0.25) is 14.5 Å². The quantitative estimate of drug-likeness (QED) is 0.504. The number of anilines is 1. The highest BCUT2D eigenvalue weighted by molar-refractivity contribution is 6.36. The van der Waals surface area contributed by atoms with Crippen molar-refractivity contribution in [1.82, 2.24) is 4.90 Å². The molecule has 0 unspecified atom stereocenters. The Kier molecular flexibility index (Phi) is 5.91. The molecule has 1 heterocycles.